The summed E-state index contributed by atoms with van der Waals surface area (Å²) in [6.45, 7) is 2.92. The quantitative estimate of drug-likeness (QED) is 0.561. The number of ether oxygens (including phenoxy) is 1. The highest BCUT2D eigenvalue weighted by molar-refractivity contribution is 7.92. The van der Waals surface area contributed by atoms with Crippen molar-refractivity contribution >= 4 is 27.6 Å². The first-order valence-corrected chi connectivity index (χ1v) is 11.8. The molecule has 158 valence electrons. The van der Waals surface area contributed by atoms with E-state index in [1.165, 1.54) is 9.80 Å². The summed E-state index contributed by atoms with van der Waals surface area (Å²) in [4.78, 5) is 41.6. The van der Waals surface area contributed by atoms with E-state index in [1.807, 2.05) is 0 Å². The lowest BCUT2D eigenvalue weighted by Crippen LogP contribution is -2.55. The number of hydrogen-bond acceptors (Lipinski definition) is 6. The average Bonchev–Trinajstić information content (AvgIpc) is 3.28. The number of hydrogen-bond donors (Lipinski definition) is 0. The highest BCUT2D eigenvalue weighted by atomic mass is 32.2. The van der Waals surface area contributed by atoms with Crippen LogP contribution in [-0.2, 0) is 29.0 Å². The van der Waals surface area contributed by atoms with E-state index < -0.39 is 21.7 Å². The van der Waals surface area contributed by atoms with Crippen molar-refractivity contribution < 1.29 is 27.5 Å². The van der Waals surface area contributed by atoms with Gasteiger partial charge in [-0.1, -0.05) is 12.8 Å². The Morgan fingerprint density at radius 3 is 1.86 bits per heavy atom. The molecule has 0 aromatic carbocycles. The highest BCUT2D eigenvalue weighted by Gasteiger charge is 2.33. The van der Waals surface area contributed by atoms with Crippen LogP contribution in [0.25, 0.3) is 0 Å². The van der Waals surface area contributed by atoms with Gasteiger partial charge in [0.1, 0.15) is 0 Å². The molecule has 3 fully saturated rings. The Kier molecular flexibility index (Phi) is 6.92. The fourth-order valence-electron chi connectivity index (χ4n) is 4.00. The van der Waals surface area contributed by atoms with Crippen LogP contribution in [0.15, 0.2) is 0 Å². The van der Waals surface area contributed by atoms with Gasteiger partial charge in [-0.15, -0.1) is 0 Å². The third-order valence-corrected chi connectivity index (χ3v) is 8.07. The fourth-order valence-corrected chi connectivity index (χ4v) is 5.84. The summed E-state index contributed by atoms with van der Waals surface area (Å²) in [6.07, 6.45) is 3.27. The van der Waals surface area contributed by atoms with E-state index in [0.29, 0.717) is 52.2 Å². The number of carbonyl (C=O) groups excluding carboxylic acids is 3. The van der Waals surface area contributed by atoms with Crippen LogP contribution in [0.4, 0.5) is 0 Å². The van der Waals surface area contributed by atoms with Crippen LogP contribution in [0.5, 0.6) is 0 Å². The van der Waals surface area contributed by atoms with E-state index in [4.69, 9.17) is 4.74 Å². The highest BCUT2D eigenvalue weighted by Crippen LogP contribution is 2.25. The molecule has 2 saturated heterocycles. The fraction of sp³-hybridized carbons (Fsp3) is 0.833. The summed E-state index contributed by atoms with van der Waals surface area (Å²) in [7, 11) is -3.21. The van der Waals surface area contributed by atoms with Crippen molar-refractivity contribution in [3.8, 4) is 0 Å². The van der Waals surface area contributed by atoms with E-state index in [2.05, 4.69) is 0 Å². The van der Waals surface area contributed by atoms with Gasteiger partial charge in [-0.3, -0.25) is 14.4 Å². The minimum atomic E-state index is -3.21. The van der Waals surface area contributed by atoms with Crippen LogP contribution in [0, 0.1) is 0 Å². The average molecular weight is 416 g/mol. The summed E-state index contributed by atoms with van der Waals surface area (Å²) in [5.41, 5.74) is 0. The standard InChI is InChI=1S/C18H29N3O6S/c22-16(5-14-28(25,26)15-3-1-2-4-15)19-6-8-20(9-7-19)17(23)18(24)21-10-12-27-13-11-21/h15H,1-14H2. The topological polar surface area (TPSA) is 104 Å². The van der Waals surface area contributed by atoms with Gasteiger partial charge in [0, 0.05) is 45.7 Å². The Morgan fingerprint density at radius 1 is 0.786 bits per heavy atom. The Balaban J connectivity index is 1.43. The monoisotopic (exact) mass is 415 g/mol. The zero-order valence-corrected chi connectivity index (χ0v) is 17.0. The first kappa shape index (κ1) is 21.0. The molecule has 0 bridgehead atoms. The smallest absolute Gasteiger partial charge is 0.312 e. The molecule has 2 aliphatic heterocycles. The van der Waals surface area contributed by atoms with Gasteiger partial charge < -0.3 is 19.4 Å². The maximum absolute atomic E-state index is 12.4. The van der Waals surface area contributed by atoms with Gasteiger partial charge in [-0.05, 0) is 12.8 Å². The molecular weight excluding hydrogens is 386 g/mol. The minimum absolute atomic E-state index is 0.0144. The third kappa shape index (κ3) is 5.02. The lowest BCUT2D eigenvalue weighted by Gasteiger charge is -2.36. The lowest BCUT2D eigenvalue weighted by molar-refractivity contribution is -0.155. The van der Waals surface area contributed by atoms with Crippen molar-refractivity contribution in [3.05, 3.63) is 0 Å². The molecule has 0 aromatic rings. The summed E-state index contributed by atoms with van der Waals surface area (Å²) in [5, 5.41) is -0.291. The molecule has 10 heteroatoms. The van der Waals surface area contributed by atoms with Crippen LogP contribution < -0.4 is 0 Å². The number of amides is 3. The van der Waals surface area contributed by atoms with Gasteiger partial charge in [-0.2, -0.15) is 0 Å². The number of rotatable bonds is 4. The van der Waals surface area contributed by atoms with Gasteiger partial charge in [0.2, 0.25) is 5.91 Å². The van der Waals surface area contributed by atoms with Crippen LogP contribution in [-0.4, -0.2) is 104 Å². The lowest BCUT2D eigenvalue weighted by atomic mass is 10.2. The Morgan fingerprint density at radius 2 is 1.29 bits per heavy atom. The second-order valence-corrected chi connectivity index (χ2v) is 10.0. The maximum Gasteiger partial charge on any atom is 0.312 e. The zero-order valence-electron chi connectivity index (χ0n) is 16.2. The molecule has 0 unspecified atom stereocenters. The first-order chi connectivity index (χ1) is 13.4. The molecule has 3 amide bonds. The van der Waals surface area contributed by atoms with E-state index in [-0.39, 0.29) is 36.4 Å². The third-order valence-electron chi connectivity index (χ3n) is 5.81. The Hall–Kier alpha value is -1.68. The second kappa shape index (κ2) is 9.21. The summed E-state index contributed by atoms with van der Waals surface area (Å²) >= 11 is 0. The predicted octanol–water partition coefficient (Wildman–Crippen LogP) is -0.736. The normalized spacial score (nSPS) is 21.8. The summed E-state index contributed by atoms with van der Waals surface area (Å²) < 4.78 is 29.8. The van der Waals surface area contributed by atoms with E-state index >= 15 is 0 Å². The molecule has 0 radical (unpaired) electrons. The van der Waals surface area contributed by atoms with Gasteiger partial charge in [0.25, 0.3) is 0 Å². The van der Waals surface area contributed by atoms with E-state index in [0.717, 1.165) is 12.8 Å². The van der Waals surface area contributed by atoms with Crippen LogP contribution >= 0.6 is 0 Å². The van der Waals surface area contributed by atoms with Crippen LogP contribution in [0.3, 0.4) is 0 Å². The molecule has 2 heterocycles. The molecule has 0 atom stereocenters. The Labute approximate surface area is 165 Å². The summed E-state index contributed by atoms with van der Waals surface area (Å²) in [5.74, 6) is -1.37. The van der Waals surface area contributed by atoms with Crippen LogP contribution in [0.1, 0.15) is 32.1 Å². The number of carbonyl (C=O) groups is 3. The van der Waals surface area contributed by atoms with Crippen molar-refractivity contribution in [2.45, 2.75) is 37.4 Å². The molecule has 9 nitrogen and oxygen atoms in total. The SMILES string of the molecule is O=C(CCS(=O)(=O)C1CCCC1)N1CCN(C(=O)C(=O)N2CCOCC2)CC1. The number of morpholine rings is 1. The molecule has 0 N–H and O–H groups in total. The summed E-state index contributed by atoms with van der Waals surface area (Å²) in [6, 6.07) is 0. The minimum Gasteiger partial charge on any atom is -0.378 e. The largest absolute Gasteiger partial charge is 0.378 e. The molecule has 28 heavy (non-hydrogen) atoms. The Bertz CT molecular complexity index is 690. The number of sulfone groups is 1. The molecular formula is C18H29N3O6S. The van der Waals surface area contributed by atoms with Gasteiger partial charge in [-0.25, -0.2) is 8.42 Å². The van der Waals surface area contributed by atoms with Crippen molar-refractivity contribution in [2.75, 3.05) is 58.2 Å². The first-order valence-electron chi connectivity index (χ1n) is 10.0. The van der Waals surface area contributed by atoms with Crippen molar-refractivity contribution in [3.63, 3.8) is 0 Å². The van der Waals surface area contributed by atoms with Crippen molar-refractivity contribution in [1.82, 2.24) is 14.7 Å². The van der Waals surface area contributed by atoms with Gasteiger partial charge in [0.05, 0.1) is 24.2 Å². The van der Waals surface area contributed by atoms with E-state index in [9.17, 15) is 22.8 Å². The van der Waals surface area contributed by atoms with Crippen LogP contribution in [0.2, 0.25) is 0 Å². The van der Waals surface area contributed by atoms with Gasteiger partial charge in [0.15, 0.2) is 9.84 Å². The van der Waals surface area contributed by atoms with Gasteiger partial charge >= 0.3 is 11.8 Å². The predicted molar refractivity (Wildman–Crippen MR) is 101 cm³/mol. The van der Waals surface area contributed by atoms with E-state index in [1.54, 1.807) is 4.90 Å². The molecule has 0 aromatic heterocycles. The maximum atomic E-state index is 12.4. The van der Waals surface area contributed by atoms with Crippen molar-refractivity contribution in [2.24, 2.45) is 0 Å². The molecule has 0 spiro atoms. The molecule has 1 aliphatic carbocycles. The number of piperazine rings is 1. The molecule has 3 aliphatic rings. The molecule has 3 rings (SSSR count). The van der Waals surface area contributed by atoms with Crippen molar-refractivity contribution in [1.29, 1.82) is 0 Å². The zero-order chi connectivity index (χ0) is 20.1. The second-order valence-electron chi connectivity index (χ2n) is 7.60. The number of nitrogens with zero attached hydrogens (tertiary/aromatic N) is 3. The molecule has 1 saturated carbocycles.